The van der Waals surface area contributed by atoms with Gasteiger partial charge in [0.15, 0.2) is 5.13 Å². The highest BCUT2D eigenvalue weighted by Gasteiger charge is 1.99. The minimum Gasteiger partial charge on any atom is -0.360 e. The van der Waals surface area contributed by atoms with Crippen LogP contribution in [0, 0.1) is 6.92 Å². The predicted molar refractivity (Wildman–Crippen MR) is 66.9 cm³/mol. The largest absolute Gasteiger partial charge is 0.360 e. The van der Waals surface area contributed by atoms with Crippen LogP contribution in [0.25, 0.3) is 0 Å². The Labute approximate surface area is 99.3 Å². The molecule has 0 bridgehead atoms. The number of aryl methyl sites for hydroxylation is 2. The molecule has 4 nitrogen and oxygen atoms in total. The Morgan fingerprint density at radius 2 is 2.38 bits per heavy atom. The van der Waals surface area contributed by atoms with E-state index in [1.165, 1.54) is 5.56 Å². The fourth-order valence-corrected chi connectivity index (χ4v) is 2.24. The number of nitrogens with zero attached hydrogens (tertiary/aromatic N) is 3. The SMILES string of the molecule is CCc1csc(NCCn2cc(C)cn2)n1. The van der Waals surface area contributed by atoms with Gasteiger partial charge in [-0.3, -0.25) is 4.68 Å². The van der Waals surface area contributed by atoms with Crippen molar-refractivity contribution in [2.45, 2.75) is 26.8 Å². The van der Waals surface area contributed by atoms with Gasteiger partial charge in [0.1, 0.15) is 0 Å². The lowest BCUT2D eigenvalue weighted by Gasteiger charge is -2.02. The number of hydrogen-bond donors (Lipinski definition) is 1. The van der Waals surface area contributed by atoms with Crippen molar-refractivity contribution in [1.29, 1.82) is 0 Å². The number of rotatable bonds is 5. The van der Waals surface area contributed by atoms with Crippen LogP contribution >= 0.6 is 11.3 Å². The van der Waals surface area contributed by atoms with E-state index in [0.717, 1.165) is 30.3 Å². The molecule has 0 unspecified atom stereocenters. The number of nitrogens with one attached hydrogen (secondary N) is 1. The maximum atomic E-state index is 4.44. The molecule has 0 atom stereocenters. The van der Waals surface area contributed by atoms with E-state index in [-0.39, 0.29) is 0 Å². The summed E-state index contributed by atoms with van der Waals surface area (Å²) in [5, 5.41) is 10.6. The molecule has 16 heavy (non-hydrogen) atoms. The molecule has 0 spiro atoms. The van der Waals surface area contributed by atoms with E-state index in [1.807, 2.05) is 24.0 Å². The number of thiazole rings is 1. The van der Waals surface area contributed by atoms with Gasteiger partial charge in [-0.25, -0.2) is 4.98 Å². The van der Waals surface area contributed by atoms with Gasteiger partial charge in [0, 0.05) is 18.1 Å². The average molecular weight is 236 g/mol. The van der Waals surface area contributed by atoms with E-state index in [9.17, 15) is 0 Å². The first-order valence-electron chi connectivity index (χ1n) is 5.45. The summed E-state index contributed by atoms with van der Waals surface area (Å²) in [4.78, 5) is 4.44. The third-order valence-corrected chi connectivity index (χ3v) is 3.14. The average Bonchev–Trinajstić information content (AvgIpc) is 2.88. The first-order chi connectivity index (χ1) is 7.78. The van der Waals surface area contributed by atoms with Crippen LogP contribution in [0.5, 0.6) is 0 Å². The highest BCUT2D eigenvalue weighted by atomic mass is 32.1. The van der Waals surface area contributed by atoms with Gasteiger partial charge >= 0.3 is 0 Å². The molecule has 0 aromatic carbocycles. The van der Waals surface area contributed by atoms with Crippen LogP contribution in [0.15, 0.2) is 17.8 Å². The molecule has 86 valence electrons. The molecule has 1 N–H and O–H groups in total. The van der Waals surface area contributed by atoms with Gasteiger partial charge in [0.2, 0.25) is 0 Å². The first kappa shape index (κ1) is 11.1. The van der Waals surface area contributed by atoms with Crippen LogP contribution in [0.4, 0.5) is 5.13 Å². The molecular formula is C11H16N4S. The second-order valence-electron chi connectivity index (χ2n) is 3.71. The predicted octanol–water partition coefficient (Wildman–Crippen LogP) is 2.32. The first-order valence-corrected chi connectivity index (χ1v) is 6.33. The van der Waals surface area contributed by atoms with Gasteiger partial charge in [-0.1, -0.05) is 6.92 Å². The van der Waals surface area contributed by atoms with Crippen molar-refractivity contribution >= 4 is 16.5 Å². The summed E-state index contributed by atoms with van der Waals surface area (Å²) in [6.07, 6.45) is 4.91. The van der Waals surface area contributed by atoms with Crippen molar-refractivity contribution in [3.05, 3.63) is 29.0 Å². The van der Waals surface area contributed by atoms with Crippen molar-refractivity contribution in [1.82, 2.24) is 14.8 Å². The molecule has 0 saturated heterocycles. The van der Waals surface area contributed by atoms with Crippen LogP contribution < -0.4 is 5.32 Å². The third-order valence-electron chi connectivity index (χ3n) is 2.29. The van der Waals surface area contributed by atoms with Gasteiger partial charge < -0.3 is 5.32 Å². The summed E-state index contributed by atoms with van der Waals surface area (Å²) in [6.45, 7) is 5.89. The monoisotopic (exact) mass is 236 g/mol. The van der Waals surface area contributed by atoms with Crippen LogP contribution in [0.3, 0.4) is 0 Å². The van der Waals surface area contributed by atoms with Crippen LogP contribution in [0.1, 0.15) is 18.2 Å². The van der Waals surface area contributed by atoms with E-state index < -0.39 is 0 Å². The second-order valence-corrected chi connectivity index (χ2v) is 4.56. The molecule has 2 aromatic heterocycles. The van der Waals surface area contributed by atoms with E-state index in [2.05, 4.69) is 27.7 Å². The summed E-state index contributed by atoms with van der Waals surface area (Å²) in [5.74, 6) is 0. The van der Waals surface area contributed by atoms with Crippen LogP contribution in [-0.2, 0) is 13.0 Å². The zero-order valence-electron chi connectivity index (χ0n) is 9.60. The molecule has 2 rings (SSSR count). The Morgan fingerprint density at radius 1 is 1.50 bits per heavy atom. The Hall–Kier alpha value is -1.36. The second kappa shape index (κ2) is 5.12. The summed E-state index contributed by atoms with van der Waals surface area (Å²) in [5.41, 5.74) is 2.35. The van der Waals surface area contributed by atoms with Gasteiger partial charge in [0.05, 0.1) is 18.4 Å². The molecule has 2 aromatic rings. The molecular weight excluding hydrogens is 220 g/mol. The smallest absolute Gasteiger partial charge is 0.182 e. The van der Waals surface area contributed by atoms with Gasteiger partial charge in [-0.2, -0.15) is 5.10 Å². The van der Waals surface area contributed by atoms with Crippen LogP contribution in [-0.4, -0.2) is 21.3 Å². The zero-order valence-corrected chi connectivity index (χ0v) is 10.4. The minimum atomic E-state index is 0.859. The lowest BCUT2D eigenvalue weighted by molar-refractivity contribution is 0.637. The quantitative estimate of drug-likeness (QED) is 0.866. The number of hydrogen-bond acceptors (Lipinski definition) is 4. The summed E-state index contributed by atoms with van der Waals surface area (Å²) < 4.78 is 1.94. The molecule has 0 aliphatic heterocycles. The normalized spacial score (nSPS) is 10.6. The fraction of sp³-hybridized carbons (Fsp3) is 0.455. The summed E-state index contributed by atoms with van der Waals surface area (Å²) >= 11 is 1.66. The summed E-state index contributed by atoms with van der Waals surface area (Å²) in [7, 11) is 0. The van der Waals surface area contributed by atoms with Gasteiger partial charge in [-0.15, -0.1) is 11.3 Å². The van der Waals surface area contributed by atoms with E-state index in [1.54, 1.807) is 11.3 Å². The van der Waals surface area contributed by atoms with Gasteiger partial charge in [-0.05, 0) is 18.9 Å². The Balaban J connectivity index is 1.79. The third kappa shape index (κ3) is 2.82. The molecule has 0 fully saturated rings. The zero-order chi connectivity index (χ0) is 11.4. The van der Waals surface area contributed by atoms with Crippen molar-refractivity contribution in [3.63, 3.8) is 0 Å². The van der Waals surface area contributed by atoms with E-state index in [0.29, 0.717) is 0 Å². The minimum absolute atomic E-state index is 0.859. The van der Waals surface area contributed by atoms with Crippen molar-refractivity contribution < 1.29 is 0 Å². The topological polar surface area (TPSA) is 42.7 Å². The Morgan fingerprint density at radius 3 is 3.00 bits per heavy atom. The van der Waals surface area contributed by atoms with Gasteiger partial charge in [0.25, 0.3) is 0 Å². The van der Waals surface area contributed by atoms with Crippen molar-refractivity contribution in [3.8, 4) is 0 Å². The summed E-state index contributed by atoms with van der Waals surface area (Å²) in [6, 6.07) is 0. The van der Waals surface area contributed by atoms with E-state index in [4.69, 9.17) is 0 Å². The molecule has 0 amide bonds. The number of aromatic nitrogens is 3. The Kier molecular flexibility index (Phi) is 3.56. The maximum absolute atomic E-state index is 4.44. The molecule has 5 heteroatoms. The Bertz CT molecular complexity index is 446. The molecule has 0 saturated carbocycles. The van der Waals surface area contributed by atoms with Crippen molar-refractivity contribution in [2.75, 3.05) is 11.9 Å². The molecule has 0 aliphatic carbocycles. The lowest BCUT2D eigenvalue weighted by atomic mass is 10.4. The lowest BCUT2D eigenvalue weighted by Crippen LogP contribution is -2.10. The van der Waals surface area contributed by atoms with Crippen LogP contribution in [0.2, 0.25) is 0 Å². The molecule has 0 radical (unpaired) electrons. The van der Waals surface area contributed by atoms with E-state index >= 15 is 0 Å². The molecule has 0 aliphatic rings. The molecule has 2 heterocycles. The highest BCUT2D eigenvalue weighted by Crippen LogP contribution is 2.15. The van der Waals surface area contributed by atoms with Crippen molar-refractivity contribution in [2.24, 2.45) is 0 Å². The number of anilines is 1. The maximum Gasteiger partial charge on any atom is 0.182 e. The standard InChI is InChI=1S/C11H16N4S/c1-3-10-8-16-11(14-10)12-4-5-15-7-9(2)6-13-15/h6-8H,3-5H2,1-2H3,(H,12,14). The highest BCUT2D eigenvalue weighted by molar-refractivity contribution is 7.13. The fourth-order valence-electron chi connectivity index (χ4n) is 1.42.